The van der Waals surface area contributed by atoms with E-state index >= 15 is 0 Å². The van der Waals surface area contributed by atoms with Crippen LogP contribution in [0.2, 0.25) is 0 Å². The molecule has 1 aliphatic carbocycles. The lowest BCUT2D eigenvalue weighted by Gasteiger charge is -2.20. The minimum Gasteiger partial charge on any atom is -0.369 e. The Kier molecular flexibility index (Phi) is 6.17. The highest BCUT2D eigenvalue weighted by Gasteiger charge is 2.24. The molecule has 0 aromatic carbocycles. The van der Waals surface area contributed by atoms with Crippen molar-refractivity contribution < 1.29 is 4.79 Å². The largest absolute Gasteiger partial charge is 0.369 e. The van der Waals surface area contributed by atoms with E-state index in [0.29, 0.717) is 0 Å². The Bertz CT molecular complexity index is 637. The second kappa shape index (κ2) is 8.38. The monoisotopic (exact) mass is 358 g/mol. The molecule has 0 saturated heterocycles. The third-order valence-electron chi connectivity index (χ3n) is 5.47. The van der Waals surface area contributed by atoms with Gasteiger partial charge in [-0.2, -0.15) is 0 Å². The predicted octanol–water partition coefficient (Wildman–Crippen LogP) is 3.05. The zero-order chi connectivity index (χ0) is 18.7. The molecule has 3 rings (SSSR count). The number of pyridine rings is 1. The Hall–Kier alpha value is -1.62. The van der Waals surface area contributed by atoms with Crippen LogP contribution in [0.5, 0.6) is 0 Å². The molecule has 1 aromatic heterocycles. The molecule has 1 aliphatic heterocycles. The molecule has 0 unspecified atom stereocenters. The zero-order valence-electron chi connectivity index (χ0n) is 16.8. The van der Waals surface area contributed by atoms with Gasteiger partial charge in [0.2, 0.25) is 0 Å². The highest BCUT2D eigenvalue weighted by molar-refractivity contribution is 5.98. The maximum Gasteiger partial charge on any atom is 0.257 e. The fraction of sp³-hybridized carbons (Fsp3) is 0.714. The number of hydrogen-bond acceptors (Lipinski definition) is 4. The van der Waals surface area contributed by atoms with Gasteiger partial charge in [0.05, 0.1) is 5.56 Å². The first-order chi connectivity index (χ1) is 12.4. The molecule has 0 radical (unpaired) electrons. The van der Waals surface area contributed by atoms with Gasteiger partial charge in [-0.1, -0.05) is 13.8 Å². The summed E-state index contributed by atoms with van der Waals surface area (Å²) in [4.78, 5) is 21.8. The fourth-order valence-corrected chi connectivity index (χ4v) is 3.45. The first kappa shape index (κ1) is 19.2. The first-order valence-corrected chi connectivity index (χ1v) is 10.1. The van der Waals surface area contributed by atoms with E-state index in [1.165, 1.54) is 30.5 Å². The van der Waals surface area contributed by atoms with E-state index in [1.54, 1.807) is 4.90 Å². The van der Waals surface area contributed by atoms with Crippen LogP contribution in [-0.4, -0.2) is 61.0 Å². The van der Waals surface area contributed by atoms with Gasteiger partial charge in [0.25, 0.3) is 5.91 Å². The summed E-state index contributed by atoms with van der Waals surface area (Å²) in [6.45, 7) is 8.78. The Labute approximate surface area is 158 Å². The maximum absolute atomic E-state index is 12.7. The molecule has 1 fully saturated rings. The van der Waals surface area contributed by atoms with E-state index in [9.17, 15) is 4.79 Å². The molecule has 1 saturated carbocycles. The van der Waals surface area contributed by atoms with Crippen LogP contribution in [0.4, 0.5) is 5.82 Å². The van der Waals surface area contributed by atoms with Gasteiger partial charge in [-0.15, -0.1) is 0 Å². The number of amides is 1. The van der Waals surface area contributed by atoms with Gasteiger partial charge in [0.15, 0.2) is 0 Å². The molecule has 1 aromatic rings. The summed E-state index contributed by atoms with van der Waals surface area (Å²) < 4.78 is 0. The van der Waals surface area contributed by atoms with Gasteiger partial charge in [0.1, 0.15) is 5.82 Å². The molecule has 26 heavy (non-hydrogen) atoms. The smallest absolute Gasteiger partial charge is 0.257 e. The van der Waals surface area contributed by atoms with E-state index in [0.717, 1.165) is 62.2 Å². The molecule has 144 valence electrons. The predicted molar refractivity (Wildman–Crippen MR) is 107 cm³/mol. The number of nitrogens with one attached hydrogen (secondary N) is 1. The number of carbonyl (C=O) groups excluding carboxylic acids is 1. The highest BCUT2D eigenvalue weighted by atomic mass is 16.2. The molecule has 0 spiro atoms. The van der Waals surface area contributed by atoms with Gasteiger partial charge >= 0.3 is 0 Å². The average molecular weight is 359 g/mol. The molecular weight excluding hydrogens is 324 g/mol. The number of hydrogen-bond donors (Lipinski definition) is 1. The molecule has 5 heteroatoms. The second-order valence-electron chi connectivity index (χ2n) is 8.54. The van der Waals surface area contributed by atoms with Gasteiger partial charge in [-0.25, -0.2) is 4.98 Å². The van der Waals surface area contributed by atoms with E-state index in [1.807, 2.05) is 14.1 Å². The minimum atomic E-state index is 0.0412. The quantitative estimate of drug-likeness (QED) is 0.814. The number of carbonyl (C=O) groups is 1. The molecular formula is C21H34N4O. The summed E-state index contributed by atoms with van der Waals surface area (Å²) in [7, 11) is 3.62. The van der Waals surface area contributed by atoms with Gasteiger partial charge < -0.3 is 15.1 Å². The zero-order valence-corrected chi connectivity index (χ0v) is 16.8. The van der Waals surface area contributed by atoms with Crippen molar-refractivity contribution in [2.45, 2.75) is 46.0 Å². The Morgan fingerprint density at radius 3 is 2.69 bits per heavy atom. The van der Waals surface area contributed by atoms with Crippen LogP contribution in [0.15, 0.2) is 6.07 Å². The summed E-state index contributed by atoms with van der Waals surface area (Å²) in [6.07, 6.45) is 5.78. The van der Waals surface area contributed by atoms with Crippen LogP contribution in [0.25, 0.3) is 0 Å². The van der Waals surface area contributed by atoms with Crippen molar-refractivity contribution in [3.05, 3.63) is 22.9 Å². The minimum absolute atomic E-state index is 0.0412. The van der Waals surface area contributed by atoms with Crippen LogP contribution in [0, 0.1) is 11.8 Å². The molecule has 2 heterocycles. The number of aromatic nitrogens is 1. The maximum atomic E-state index is 12.7. The van der Waals surface area contributed by atoms with Crippen molar-refractivity contribution in [1.29, 1.82) is 0 Å². The lowest BCUT2D eigenvalue weighted by molar-refractivity contribution is 0.0828. The van der Waals surface area contributed by atoms with Crippen molar-refractivity contribution in [2.75, 3.05) is 45.6 Å². The first-order valence-electron chi connectivity index (χ1n) is 10.1. The molecule has 5 nitrogen and oxygen atoms in total. The second-order valence-corrected chi connectivity index (χ2v) is 8.54. The Morgan fingerprint density at radius 2 is 2.04 bits per heavy atom. The molecule has 2 aliphatic rings. The number of rotatable bonds is 7. The lowest BCUT2D eigenvalue weighted by Crippen LogP contribution is -2.28. The van der Waals surface area contributed by atoms with Gasteiger partial charge in [0, 0.05) is 45.8 Å². The summed E-state index contributed by atoms with van der Waals surface area (Å²) >= 11 is 0. The van der Waals surface area contributed by atoms with E-state index in [2.05, 4.69) is 30.1 Å². The molecule has 1 amide bonds. The lowest BCUT2D eigenvalue weighted by atomic mass is 10.0. The van der Waals surface area contributed by atoms with Crippen LogP contribution in [0.1, 0.15) is 54.7 Å². The number of anilines is 1. The van der Waals surface area contributed by atoms with E-state index in [4.69, 9.17) is 4.98 Å². The van der Waals surface area contributed by atoms with Crippen LogP contribution >= 0.6 is 0 Å². The van der Waals surface area contributed by atoms with Crippen molar-refractivity contribution in [1.82, 2.24) is 14.8 Å². The molecule has 1 N–H and O–H groups in total. The topological polar surface area (TPSA) is 48.5 Å². The highest BCUT2D eigenvalue weighted by Crippen LogP contribution is 2.30. The Balaban J connectivity index is 1.78. The van der Waals surface area contributed by atoms with E-state index < -0.39 is 0 Å². The standard InChI is InChI=1S/C21H34N4O/c1-15(2)7-10-25-11-8-17-13-18(21(26)24(3)4)20(22-14-16-5-6-16)23-19(17)9-12-25/h13,15-16H,5-12,14H2,1-4H3,(H,22,23). The third kappa shape index (κ3) is 4.97. The number of fused-ring (bicyclic) bond motifs is 1. The van der Waals surface area contributed by atoms with E-state index in [-0.39, 0.29) is 5.91 Å². The van der Waals surface area contributed by atoms with Crippen LogP contribution in [-0.2, 0) is 12.8 Å². The fourth-order valence-electron chi connectivity index (χ4n) is 3.45. The van der Waals surface area contributed by atoms with Crippen molar-refractivity contribution >= 4 is 11.7 Å². The third-order valence-corrected chi connectivity index (χ3v) is 5.47. The normalized spacial score (nSPS) is 17.7. The van der Waals surface area contributed by atoms with Gasteiger partial charge in [-0.05, 0) is 55.7 Å². The van der Waals surface area contributed by atoms with Crippen molar-refractivity contribution in [3.8, 4) is 0 Å². The Morgan fingerprint density at radius 1 is 1.31 bits per heavy atom. The van der Waals surface area contributed by atoms with Gasteiger partial charge in [-0.3, -0.25) is 4.79 Å². The SMILES string of the molecule is CC(C)CCN1CCc2cc(C(=O)N(C)C)c(NCC3CC3)nc2CC1. The average Bonchev–Trinajstić information content (AvgIpc) is 3.43. The number of nitrogens with zero attached hydrogens (tertiary/aromatic N) is 3. The summed E-state index contributed by atoms with van der Waals surface area (Å²) in [5, 5.41) is 3.46. The van der Waals surface area contributed by atoms with Crippen LogP contribution in [0.3, 0.4) is 0 Å². The van der Waals surface area contributed by atoms with Crippen LogP contribution < -0.4 is 5.32 Å². The van der Waals surface area contributed by atoms with Crippen molar-refractivity contribution in [3.63, 3.8) is 0 Å². The summed E-state index contributed by atoms with van der Waals surface area (Å²) in [6, 6.07) is 2.10. The summed E-state index contributed by atoms with van der Waals surface area (Å²) in [5.74, 6) is 2.32. The molecule has 0 atom stereocenters. The van der Waals surface area contributed by atoms with Crippen molar-refractivity contribution in [2.24, 2.45) is 11.8 Å². The molecule has 0 bridgehead atoms. The summed E-state index contributed by atoms with van der Waals surface area (Å²) in [5.41, 5.74) is 3.15.